The molecular formula is C15H14F2N2OS. The number of amides is 1. The van der Waals surface area contributed by atoms with Gasteiger partial charge in [0.2, 0.25) is 5.91 Å². The van der Waals surface area contributed by atoms with Crippen LogP contribution in [0.4, 0.5) is 20.2 Å². The van der Waals surface area contributed by atoms with Crippen LogP contribution in [0.5, 0.6) is 0 Å². The monoisotopic (exact) mass is 308 g/mol. The lowest BCUT2D eigenvalue weighted by Crippen LogP contribution is -2.15. The molecule has 0 heterocycles. The molecule has 110 valence electrons. The zero-order valence-electron chi connectivity index (χ0n) is 11.1. The summed E-state index contributed by atoms with van der Waals surface area (Å²) in [7, 11) is 0. The molecule has 6 heteroatoms. The second-order valence-corrected chi connectivity index (χ2v) is 5.38. The Bertz CT molecular complexity index is 635. The van der Waals surface area contributed by atoms with Crippen molar-refractivity contribution >= 4 is 29.0 Å². The molecule has 0 radical (unpaired) electrons. The topological polar surface area (TPSA) is 55.1 Å². The average Bonchev–Trinajstić information content (AvgIpc) is 2.40. The van der Waals surface area contributed by atoms with E-state index in [0.717, 1.165) is 5.56 Å². The molecule has 0 aliphatic heterocycles. The summed E-state index contributed by atoms with van der Waals surface area (Å²) in [6, 6.07) is 13.5. The van der Waals surface area contributed by atoms with Crippen molar-refractivity contribution in [3.8, 4) is 0 Å². The Balaban J connectivity index is 2.06. The lowest BCUT2D eigenvalue weighted by molar-refractivity contribution is -0.115. The number of hydrogen-bond acceptors (Lipinski definition) is 3. The van der Waals surface area contributed by atoms with Gasteiger partial charge in [-0.2, -0.15) is 8.78 Å². The number of alkyl halides is 2. The third kappa shape index (κ3) is 4.75. The summed E-state index contributed by atoms with van der Waals surface area (Å²) in [4.78, 5) is 12.3. The van der Waals surface area contributed by atoms with Gasteiger partial charge in [-0.05, 0) is 29.8 Å². The Morgan fingerprint density at radius 1 is 1.19 bits per heavy atom. The molecule has 0 spiro atoms. The fourth-order valence-corrected chi connectivity index (χ4v) is 2.45. The van der Waals surface area contributed by atoms with Crippen LogP contribution in [-0.4, -0.2) is 11.7 Å². The number of hydrogen-bond donors (Lipinski definition) is 2. The zero-order chi connectivity index (χ0) is 15.2. The van der Waals surface area contributed by atoms with Gasteiger partial charge in [0, 0.05) is 10.6 Å². The van der Waals surface area contributed by atoms with E-state index in [-0.39, 0.29) is 12.3 Å². The average molecular weight is 308 g/mol. The van der Waals surface area contributed by atoms with Crippen molar-refractivity contribution in [2.45, 2.75) is 17.1 Å². The third-order valence-electron chi connectivity index (χ3n) is 2.69. The molecular weight excluding hydrogens is 294 g/mol. The standard InChI is InChI=1S/C15H14F2N2OS/c16-15(17)21-13-7-2-1-6-12(13)19-14(20)9-10-4-3-5-11(18)8-10/h1-8,15H,9,18H2,(H,19,20). The number of anilines is 2. The third-order valence-corrected chi connectivity index (χ3v) is 3.48. The van der Waals surface area contributed by atoms with Crippen LogP contribution in [0, 0.1) is 0 Å². The first-order chi connectivity index (χ1) is 10.0. The Morgan fingerprint density at radius 3 is 2.67 bits per heavy atom. The molecule has 0 aromatic heterocycles. The fraction of sp³-hybridized carbons (Fsp3) is 0.133. The quantitative estimate of drug-likeness (QED) is 0.653. The van der Waals surface area contributed by atoms with Gasteiger partial charge in [-0.15, -0.1) is 0 Å². The number of nitrogens with one attached hydrogen (secondary N) is 1. The van der Waals surface area contributed by atoms with Crippen LogP contribution in [0.15, 0.2) is 53.4 Å². The highest BCUT2D eigenvalue weighted by Crippen LogP contribution is 2.31. The largest absolute Gasteiger partial charge is 0.399 e. The van der Waals surface area contributed by atoms with E-state index in [4.69, 9.17) is 5.73 Å². The Kier molecular flexibility index (Phi) is 5.16. The second kappa shape index (κ2) is 7.08. The molecule has 0 saturated heterocycles. The lowest BCUT2D eigenvalue weighted by Gasteiger charge is -2.10. The van der Waals surface area contributed by atoms with E-state index in [1.54, 1.807) is 48.5 Å². The van der Waals surface area contributed by atoms with Crippen molar-refractivity contribution < 1.29 is 13.6 Å². The van der Waals surface area contributed by atoms with Crippen molar-refractivity contribution in [2.75, 3.05) is 11.1 Å². The van der Waals surface area contributed by atoms with Crippen molar-refractivity contribution in [1.82, 2.24) is 0 Å². The number of carbonyl (C=O) groups is 1. The molecule has 21 heavy (non-hydrogen) atoms. The van der Waals surface area contributed by atoms with Crippen molar-refractivity contribution in [1.29, 1.82) is 0 Å². The molecule has 0 unspecified atom stereocenters. The number of rotatable bonds is 5. The van der Waals surface area contributed by atoms with Crippen molar-refractivity contribution in [3.05, 3.63) is 54.1 Å². The predicted molar refractivity (Wildman–Crippen MR) is 81.5 cm³/mol. The zero-order valence-corrected chi connectivity index (χ0v) is 11.9. The number of nitrogens with two attached hydrogens (primary N) is 1. The number of benzene rings is 2. The van der Waals surface area contributed by atoms with E-state index in [1.165, 1.54) is 0 Å². The highest BCUT2D eigenvalue weighted by Gasteiger charge is 2.12. The maximum absolute atomic E-state index is 12.5. The molecule has 1 amide bonds. The molecule has 0 atom stereocenters. The van der Waals surface area contributed by atoms with E-state index in [0.29, 0.717) is 28.0 Å². The maximum Gasteiger partial charge on any atom is 0.288 e. The SMILES string of the molecule is Nc1cccc(CC(=O)Nc2ccccc2SC(F)F)c1. The van der Waals surface area contributed by atoms with Gasteiger partial charge in [0.25, 0.3) is 5.76 Å². The van der Waals surface area contributed by atoms with Crippen LogP contribution in [0.1, 0.15) is 5.56 Å². The first-order valence-corrected chi connectivity index (χ1v) is 7.10. The van der Waals surface area contributed by atoms with E-state index in [1.807, 2.05) is 0 Å². The summed E-state index contributed by atoms with van der Waals surface area (Å²) in [6.07, 6.45) is 0.138. The van der Waals surface area contributed by atoms with Crippen LogP contribution < -0.4 is 11.1 Å². The van der Waals surface area contributed by atoms with Crippen molar-refractivity contribution in [3.63, 3.8) is 0 Å². The van der Waals surface area contributed by atoms with E-state index in [9.17, 15) is 13.6 Å². The summed E-state index contributed by atoms with van der Waals surface area (Å²) in [5, 5.41) is 2.65. The van der Waals surface area contributed by atoms with Gasteiger partial charge < -0.3 is 11.1 Å². The molecule has 0 aliphatic carbocycles. The van der Waals surface area contributed by atoms with Gasteiger partial charge in [0.1, 0.15) is 0 Å². The molecule has 2 aromatic rings. The minimum atomic E-state index is -2.53. The number of thioether (sulfide) groups is 1. The van der Waals surface area contributed by atoms with Gasteiger partial charge in [-0.3, -0.25) is 4.79 Å². The molecule has 0 aliphatic rings. The summed E-state index contributed by atoms with van der Waals surface area (Å²) in [6.45, 7) is 0. The molecule has 0 saturated carbocycles. The predicted octanol–water partition coefficient (Wildman–Crippen LogP) is 3.76. The van der Waals surface area contributed by atoms with Gasteiger partial charge in [-0.25, -0.2) is 0 Å². The maximum atomic E-state index is 12.5. The number of carbonyl (C=O) groups excluding carboxylic acids is 1. The minimum absolute atomic E-state index is 0.138. The number of para-hydroxylation sites is 1. The first-order valence-electron chi connectivity index (χ1n) is 6.22. The fourth-order valence-electron chi connectivity index (χ4n) is 1.85. The molecule has 2 aromatic carbocycles. The van der Waals surface area contributed by atoms with E-state index in [2.05, 4.69) is 5.32 Å². The Hall–Kier alpha value is -2.08. The highest BCUT2D eigenvalue weighted by atomic mass is 32.2. The first kappa shape index (κ1) is 15.3. The summed E-state index contributed by atoms with van der Waals surface area (Å²) in [5.41, 5.74) is 7.38. The lowest BCUT2D eigenvalue weighted by atomic mass is 10.1. The minimum Gasteiger partial charge on any atom is -0.399 e. The Morgan fingerprint density at radius 2 is 1.95 bits per heavy atom. The molecule has 2 rings (SSSR count). The second-order valence-electron chi connectivity index (χ2n) is 4.34. The van der Waals surface area contributed by atoms with Gasteiger partial charge in [-0.1, -0.05) is 36.0 Å². The highest BCUT2D eigenvalue weighted by molar-refractivity contribution is 7.99. The summed E-state index contributed by atoms with van der Waals surface area (Å²) < 4.78 is 24.9. The van der Waals surface area contributed by atoms with Crippen LogP contribution in [0.25, 0.3) is 0 Å². The smallest absolute Gasteiger partial charge is 0.288 e. The normalized spacial score (nSPS) is 10.6. The van der Waals surface area contributed by atoms with E-state index < -0.39 is 5.76 Å². The van der Waals surface area contributed by atoms with Gasteiger partial charge in [0.05, 0.1) is 12.1 Å². The van der Waals surface area contributed by atoms with E-state index >= 15 is 0 Å². The van der Waals surface area contributed by atoms with Gasteiger partial charge >= 0.3 is 0 Å². The summed E-state index contributed by atoms with van der Waals surface area (Å²) >= 11 is 0.408. The van der Waals surface area contributed by atoms with Crippen LogP contribution in [0.3, 0.4) is 0 Å². The number of halogens is 2. The molecule has 3 N–H and O–H groups in total. The van der Waals surface area contributed by atoms with Gasteiger partial charge in [0.15, 0.2) is 0 Å². The summed E-state index contributed by atoms with van der Waals surface area (Å²) in [5.74, 6) is -2.81. The molecule has 3 nitrogen and oxygen atoms in total. The van der Waals surface area contributed by atoms with Crippen LogP contribution in [-0.2, 0) is 11.2 Å². The Labute approximate surface area is 125 Å². The van der Waals surface area contributed by atoms with Crippen LogP contribution >= 0.6 is 11.8 Å². The van der Waals surface area contributed by atoms with Crippen LogP contribution in [0.2, 0.25) is 0 Å². The van der Waals surface area contributed by atoms with Crippen molar-refractivity contribution in [2.24, 2.45) is 0 Å². The molecule has 0 bridgehead atoms. The molecule has 0 fully saturated rings. The number of nitrogen functional groups attached to an aromatic ring is 1.